The van der Waals surface area contributed by atoms with Crippen molar-refractivity contribution in [3.63, 3.8) is 0 Å². The molecular weight excluding hydrogens is 498 g/mol. The van der Waals surface area contributed by atoms with E-state index in [9.17, 15) is 8.42 Å². The summed E-state index contributed by atoms with van der Waals surface area (Å²) < 4.78 is 30.4. The SMILES string of the molecule is N#CC(C#N)=Cc1ccc(OS(=O)(=O)c2cc(I)c(Cl)cc2Cl)cc1. The van der Waals surface area contributed by atoms with Crippen LogP contribution in [-0.2, 0) is 10.1 Å². The summed E-state index contributed by atoms with van der Waals surface area (Å²) in [7, 11) is -4.14. The first kappa shape index (κ1) is 19.5. The van der Waals surface area contributed by atoms with Gasteiger partial charge in [-0.1, -0.05) is 35.3 Å². The van der Waals surface area contributed by atoms with Gasteiger partial charge in [0.25, 0.3) is 0 Å². The Kier molecular flexibility index (Phi) is 6.31. The third kappa shape index (κ3) is 4.86. The Morgan fingerprint density at radius 1 is 1.08 bits per heavy atom. The molecule has 0 aliphatic carbocycles. The first-order valence-electron chi connectivity index (χ1n) is 6.48. The quantitative estimate of drug-likeness (QED) is 0.258. The van der Waals surface area contributed by atoms with Crippen LogP contribution in [-0.4, -0.2) is 8.42 Å². The lowest BCUT2D eigenvalue weighted by molar-refractivity contribution is 0.486. The summed E-state index contributed by atoms with van der Waals surface area (Å²) in [4.78, 5) is -0.191. The molecule has 0 unspecified atom stereocenters. The summed E-state index contributed by atoms with van der Waals surface area (Å²) in [6.45, 7) is 0. The minimum atomic E-state index is -4.14. The van der Waals surface area contributed by atoms with Crippen LogP contribution in [0.15, 0.2) is 46.9 Å². The second-order valence-electron chi connectivity index (χ2n) is 4.58. The van der Waals surface area contributed by atoms with Gasteiger partial charge in [-0.3, -0.25) is 0 Å². The van der Waals surface area contributed by atoms with Crippen molar-refractivity contribution in [3.05, 3.63) is 61.2 Å². The molecule has 25 heavy (non-hydrogen) atoms. The molecule has 2 aromatic rings. The van der Waals surface area contributed by atoms with Crippen LogP contribution in [0.3, 0.4) is 0 Å². The van der Waals surface area contributed by atoms with Crippen LogP contribution in [0.4, 0.5) is 0 Å². The molecule has 126 valence electrons. The van der Waals surface area contributed by atoms with Crippen molar-refractivity contribution >= 4 is 62.0 Å². The number of allylic oxidation sites excluding steroid dienone is 1. The van der Waals surface area contributed by atoms with Gasteiger partial charge in [0.2, 0.25) is 0 Å². The molecule has 0 spiro atoms. The molecule has 0 radical (unpaired) electrons. The second kappa shape index (κ2) is 8.07. The van der Waals surface area contributed by atoms with Crippen LogP contribution in [0.5, 0.6) is 5.75 Å². The van der Waals surface area contributed by atoms with Gasteiger partial charge in [0.05, 0.1) is 10.0 Å². The molecule has 5 nitrogen and oxygen atoms in total. The highest BCUT2D eigenvalue weighted by Crippen LogP contribution is 2.31. The van der Waals surface area contributed by atoms with E-state index < -0.39 is 10.1 Å². The highest BCUT2D eigenvalue weighted by atomic mass is 127. The van der Waals surface area contributed by atoms with E-state index in [1.807, 2.05) is 22.6 Å². The number of hydrogen-bond acceptors (Lipinski definition) is 5. The molecule has 0 N–H and O–H groups in total. The zero-order valence-electron chi connectivity index (χ0n) is 12.2. The van der Waals surface area contributed by atoms with E-state index in [4.69, 9.17) is 37.9 Å². The first-order chi connectivity index (χ1) is 11.8. The Bertz CT molecular complexity index is 1020. The number of nitriles is 2. The summed E-state index contributed by atoms with van der Waals surface area (Å²) in [6.07, 6.45) is 1.37. The molecule has 0 atom stereocenters. The first-order valence-corrected chi connectivity index (χ1v) is 9.72. The molecule has 0 fully saturated rings. The number of nitrogens with zero attached hydrogens (tertiary/aromatic N) is 2. The predicted molar refractivity (Wildman–Crippen MR) is 103 cm³/mol. The standard InChI is InChI=1S/C16H7Cl2IN2O3S/c17-13-6-14(18)16(7-15(13)19)25(22,23)24-12-3-1-10(2-4-12)5-11(8-20)9-21/h1-7H. The summed E-state index contributed by atoms with van der Waals surface area (Å²) in [5.74, 6) is 0.0636. The zero-order chi connectivity index (χ0) is 18.6. The fourth-order valence-corrected chi connectivity index (χ4v) is 4.10. The predicted octanol–water partition coefficient (Wildman–Crippen LogP) is 4.80. The summed E-state index contributed by atoms with van der Waals surface area (Å²) in [6, 6.07) is 12.0. The summed E-state index contributed by atoms with van der Waals surface area (Å²) in [5.41, 5.74) is 0.491. The minimum Gasteiger partial charge on any atom is -0.379 e. The molecule has 2 rings (SSSR count). The third-order valence-corrected chi connectivity index (χ3v) is 6.12. The highest BCUT2D eigenvalue weighted by Gasteiger charge is 2.22. The second-order valence-corrected chi connectivity index (χ2v) is 8.08. The monoisotopic (exact) mass is 504 g/mol. The molecule has 2 aromatic carbocycles. The van der Waals surface area contributed by atoms with E-state index in [1.165, 1.54) is 42.5 Å². The molecule has 0 amide bonds. The smallest absolute Gasteiger partial charge is 0.340 e. The molecular formula is C16H7Cl2IN2O3S. The molecule has 0 aliphatic rings. The van der Waals surface area contributed by atoms with E-state index in [1.54, 1.807) is 12.1 Å². The molecule has 0 saturated heterocycles. The average Bonchev–Trinajstić information content (AvgIpc) is 2.57. The van der Waals surface area contributed by atoms with Crippen LogP contribution in [0.2, 0.25) is 10.0 Å². The fraction of sp³-hybridized carbons (Fsp3) is 0. The van der Waals surface area contributed by atoms with Crippen molar-refractivity contribution in [2.24, 2.45) is 0 Å². The lowest BCUT2D eigenvalue weighted by Gasteiger charge is -2.10. The summed E-state index contributed by atoms with van der Waals surface area (Å²) >= 11 is 13.7. The zero-order valence-corrected chi connectivity index (χ0v) is 16.7. The van der Waals surface area contributed by atoms with Crippen molar-refractivity contribution in [1.82, 2.24) is 0 Å². The third-order valence-electron chi connectivity index (χ3n) is 2.88. The van der Waals surface area contributed by atoms with Gasteiger partial charge in [-0.05, 0) is 58.5 Å². The van der Waals surface area contributed by atoms with Crippen LogP contribution in [0, 0.1) is 26.2 Å². The van der Waals surface area contributed by atoms with Crippen molar-refractivity contribution in [3.8, 4) is 17.9 Å². The Morgan fingerprint density at radius 2 is 1.68 bits per heavy atom. The van der Waals surface area contributed by atoms with Gasteiger partial charge in [0.1, 0.15) is 28.4 Å². The number of hydrogen-bond donors (Lipinski definition) is 0. The van der Waals surface area contributed by atoms with Crippen LogP contribution < -0.4 is 4.18 Å². The fourth-order valence-electron chi connectivity index (χ4n) is 1.74. The van der Waals surface area contributed by atoms with Gasteiger partial charge < -0.3 is 4.18 Å². The maximum absolute atomic E-state index is 12.4. The van der Waals surface area contributed by atoms with Gasteiger partial charge in [-0.2, -0.15) is 18.9 Å². The van der Waals surface area contributed by atoms with E-state index in [-0.39, 0.29) is 21.2 Å². The van der Waals surface area contributed by atoms with Crippen LogP contribution in [0.25, 0.3) is 6.08 Å². The van der Waals surface area contributed by atoms with Gasteiger partial charge in [-0.15, -0.1) is 0 Å². The molecule has 0 saturated carbocycles. The van der Waals surface area contributed by atoms with Crippen molar-refractivity contribution in [2.75, 3.05) is 0 Å². The molecule has 0 heterocycles. The Labute approximate surface area is 168 Å². The lowest BCUT2D eigenvalue weighted by Crippen LogP contribution is -2.10. The summed E-state index contributed by atoms with van der Waals surface area (Å²) in [5, 5.41) is 17.7. The van der Waals surface area contributed by atoms with Crippen LogP contribution >= 0.6 is 45.8 Å². The van der Waals surface area contributed by atoms with E-state index in [0.29, 0.717) is 14.2 Å². The van der Waals surface area contributed by atoms with Crippen molar-refractivity contribution in [1.29, 1.82) is 10.5 Å². The lowest BCUT2D eigenvalue weighted by atomic mass is 10.1. The Morgan fingerprint density at radius 3 is 2.24 bits per heavy atom. The van der Waals surface area contributed by atoms with E-state index >= 15 is 0 Å². The largest absolute Gasteiger partial charge is 0.379 e. The Balaban J connectivity index is 2.31. The van der Waals surface area contributed by atoms with Gasteiger partial charge in [0, 0.05) is 3.57 Å². The maximum Gasteiger partial charge on any atom is 0.340 e. The molecule has 9 heteroatoms. The Hall–Kier alpha value is -1.78. The van der Waals surface area contributed by atoms with Gasteiger partial charge in [0.15, 0.2) is 0 Å². The molecule has 0 aliphatic heterocycles. The average molecular weight is 505 g/mol. The van der Waals surface area contributed by atoms with E-state index in [0.717, 1.165) is 0 Å². The number of benzene rings is 2. The van der Waals surface area contributed by atoms with Crippen molar-refractivity contribution < 1.29 is 12.6 Å². The van der Waals surface area contributed by atoms with Crippen molar-refractivity contribution in [2.45, 2.75) is 4.90 Å². The maximum atomic E-state index is 12.4. The van der Waals surface area contributed by atoms with E-state index in [2.05, 4.69) is 0 Å². The molecule has 0 bridgehead atoms. The number of rotatable bonds is 4. The van der Waals surface area contributed by atoms with Gasteiger partial charge >= 0.3 is 10.1 Å². The normalized spacial score (nSPS) is 10.4. The topological polar surface area (TPSA) is 90.9 Å². The highest BCUT2D eigenvalue weighted by molar-refractivity contribution is 14.1. The molecule has 0 aromatic heterocycles. The minimum absolute atomic E-state index is 0.0438. The van der Waals surface area contributed by atoms with Gasteiger partial charge in [-0.25, -0.2) is 0 Å². The van der Waals surface area contributed by atoms with Crippen LogP contribution in [0.1, 0.15) is 5.56 Å². The number of halogens is 3.